The zero-order valence-corrected chi connectivity index (χ0v) is 14.2. The number of piperidine rings is 1. The summed E-state index contributed by atoms with van der Waals surface area (Å²) in [5.41, 5.74) is 8.58. The number of hydrogen-bond donors (Lipinski definition) is 2. The highest BCUT2D eigenvalue weighted by atomic mass is 16.2. The molecule has 2 aromatic rings. The summed E-state index contributed by atoms with van der Waals surface area (Å²) in [6.07, 6.45) is 3.63. The molecule has 1 aliphatic rings. The highest BCUT2D eigenvalue weighted by Crippen LogP contribution is 2.16. The molecule has 0 radical (unpaired) electrons. The lowest BCUT2D eigenvalue weighted by atomic mass is 10.1. The van der Waals surface area contributed by atoms with Gasteiger partial charge in [0.25, 0.3) is 5.91 Å². The fourth-order valence-electron chi connectivity index (χ4n) is 3.00. The van der Waals surface area contributed by atoms with Gasteiger partial charge in [0.1, 0.15) is 0 Å². The van der Waals surface area contributed by atoms with Crippen LogP contribution in [0, 0.1) is 0 Å². The molecule has 5 nitrogen and oxygen atoms in total. The molecule has 0 saturated carbocycles. The van der Waals surface area contributed by atoms with Crippen LogP contribution in [0.3, 0.4) is 0 Å². The normalized spacial score (nSPS) is 14.2. The van der Waals surface area contributed by atoms with Gasteiger partial charge in [-0.05, 0) is 61.2 Å². The lowest BCUT2D eigenvalue weighted by Crippen LogP contribution is -2.35. The average Bonchev–Trinajstić information content (AvgIpc) is 2.64. The third-order valence-electron chi connectivity index (χ3n) is 4.40. The van der Waals surface area contributed by atoms with Crippen molar-refractivity contribution in [3.05, 3.63) is 59.7 Å². The largest absolute Gasteiger partial charge is 0.399 e. The Balaban J connectivity index is 1.57. The van der Waals surface area contributed by atoms with Crippen LogP contribution in [0.25, 0.3) is 0 Å². The summed E-state index contributed by atoms with van der Waals surface area (Å²) in [5.74, 6) is -0.0284. The molecule has 1 saturated heterocycles. The number of carbonyl (C=O) groups excluding carboxylic acids is 2. The predicted molar refractivity (Wildman–Crippen MR) is 99.4 cm³/mol. The van der Waals surface area contributed by atoms with Crippen LogP contribution in [0.5, 0.6) is 0 Å². The molecule has 2 amide bonds. The van der Waals surface area contributed by atoms with Crippen molar-refractivity contribution in [3.63, 3.8) is 0 Å². The van der Waals surface area contributed by atoms with E-state index in [9.17, 15) is 9.59 Å². The maximum absolute atomic E-state index is 12.4. The minimum atomic E-state index is -0.0973. The molecule has 0 aliphatic carbocycles. The Morgan fingerprint density at radius 3 is 2.20 bits per heavy atom. The highest BCUT2D eigenvalue weighted by Gasteiger charge is 2.17. The molecule has 25 heavy (non-hydrogen) atoms. The van der Waals surface area contributed by atoms with Gasteiger partial charge in [0.2, 0.25) is 5.91 Å². The average molecular weight is 337 g/mol. The van der Waals surface area contributed by atoms with Gasteiger partial charge in [-0.15, -0.1) is 0 Å². The van der Waals surface area contributed by atoms with Gasteiger partial charge in [0.15, 0.2) is 0 Å². The van der Waals surface area contributed by atoms with Crippen LogP contribution < -0.4 is 11.1 Å². The zero-order valence-electron chi connectivity index (χ0n) is 14.2. The van der Waals surface area contributed by atoms with Crippen molar-refractivity contribution in [2.45, 2.75) is 25.7 Å². The number of rotatable bonds is 4. The Kier molecular flexibility index (Phi) is 5.33. The van der Waals surface area contributed by atoms with Crippen LogP contribution in [0.15, 0.2) is 48.5 Å². The van der Waals surface area contributed by atoms with Gasteiger partial charge < -0.3 is 16.0 Å². The number of likely N-dealkylation sites (tertiary alicyclic amines) is 1. The molecule has 2 aromatic carbocycles. The molecule has 3 rings (SSSR count). The molecule has 1 heterocycles. The standard InChI is InChI=1S/C20H23N3O2/c21-17-8-4-15(5-9-17)14-19(24)22-18-10-6-16(7-11-18)20(25)23-12-2-1-3-13-23/h4-11H,1-3,12-14,21H2,(H,22,24). The second kappa shape index (κ2) is 7.83. The van der Waals surface area contributed by atoms with Crippen LogP contribution in [0.2, 0.25) is 0 Å². The SMILES string of the molecule is Nc1ccc(CC(=O)Nc2ccc(C(=O)N3CCCCC3)cc2)cc1. The van der Waals surface area contributed by atoms with Gasteiger partial charge in [0, 0.05) is 30.0 Å². The first-order valence-electron chi connectivity index (χ1n) is 8.65. The molecule has 0 aromatic heterocycles. The number of benzene rings is 2. The van der Waals surface area contributed by atoms with E-state index in [1.54, 1.807) is 36.4 Å². The Labute approximate surface area is 147 Å². The van der Waals surface area contributed by atoms with E-state index in [1.165, 1.54) is 6.42 Å². The van der Waals surface area contributed by atoms with E-state index < -0.39 is 0 Å². The van der Waals surface area contributed by atoms with Crippen LogP contribution in [-0.4, -0.2) is 29.8 Å². The highest BCUT2D eigenvalue weighted by molar-refractivity contribution is 5.96. The van der Waals surface area contributed by atoms with Crippen molar-refractivity contribution >= 4 is 23.2 Å². The van der Waals surface area contributed by atoms with E-state index in [4.69, 9.17) is 5.73 Å². The molecular formula is C20H23N3O2. The molecular weight excluding hydrogens is 314 g/mol. The summed E-state index contributed by atoms with van der Waals surface area (Å²) in [6, 6.07) is 14.3. The Morgan fingerprint density at radius 2 is 1.56 bits per heavy atom. The molecule has 0 spiro atoms. The topological polar surface area (TPSA) is 75.4 Å². The first-order valence-corrected chi connectivity index (χ1v) is 8.65. The van der Waals surface area contributed by atoms with E-state index in [-0.39, 0.29) is 18.2 Å². The summed E-state index contributed by atoms with van der Waals surface area (Å²) in [7, 11) is 0. The maximum atomic E-state index is 12.4. The molecule has 5 heteroatoms. The Morgan fingerprint density at radius 1 is 0.920 bits per heavy atom. The second-order valence-electron chi connectivity index (χ2n) is 6.40. The minimum absolute atomic E-state index is 0.0689. The summed E-state index contributed by atoms with van der Waals surface area (Å²) in [6.45, 7) is 1.66. The van der Waals surface area contributed by atoms with Gasteiger partial charge in [-0.25, -0.2) is 0 Å². The summed E-state index contributed by atoms with van der Waals surface area (Å²) in [5, 5.41) is 2.86. The van der Waals surface area contributed by atoms with Crippen molar-refractivity contribution in [2.75, 3.05) is 24.1 Å². The first-order chi connectivity index (χ1) is 12.1. The van der Waals surface area contributed by atoms with Crippen LogP contribution in [0.1, 0.15) is 35.2 Å². The van der Waals surface area contributed by atoms with Crippen LogP contribution in [0.4, 0.5) is 11.4 Å². The number of nitrogens with zero attached hydrogens (tertiary/aromatic N) is 1. The minimum Gasteiger partial charge on any atom is -0.399 e. The van der Waals surface area contributed by atoms with E-state index in [2.05, 4.69) is 5.32 Å². The number of amides is 2. The van der Waals surface area contributed by atoms with E-state index in [0.29, 0.717) is 16.9 Å². The number of nitrogens with two attached hydrogens (primary N) is 1. The van der Waals surface area contributed by atoms with Gasteiger partial charge in [-0.2, -0.15) is 0 Å². The summed E-state index contributed by atoms with van der Waals surface area (Å²) in [4.78, 5) is 26.4. The second-order valence-corrected chi connectivity index (χ2v) is 6.40. The van der Waals surface area contributed by atoms with Gasteiger partial charge in [0.05, 0.1) is 6.42 Å². The Bertz CT molecular complexity index is 733. The molecule has 3 N–H and O–H groups in total. The number of nitrogen functional groups attached to an aromatic ring is 1. The molecule has 1 aliphatic heterocycles. The molecule has 0 atom stereocenters. The lowest BCUT2D eigenvalue weighted by molar-refractivity contribution is -0.115. The quantitative estimate of drug-likeness (QED) is 0.842. The smallest absolute Gasteiger partial charge is 0.253 e. The fourth-order valence-corrected chi connectivity index (χ4v) is 3.00. The third-order valence-corrected chi connectivity index (χ3v) is 4.40. The molecule has 130 valence electrons. The summed E-state index contributed by atoms with van der Waals surface area (Å²) < 4.78 is 0. The van der Waals surface area contributed by atoms with Crippen molar-refractivity contribution in [2.24, 2.45) is 0 Å². The third kappa shape index (κ3) is 4.59. The van der Waals surface area contributed by atoms with Crippen molar-refractivity contribution in [3.8, 4) is 0 Å². The fraction of sp³-hybridized carbons (Fsp3) is 0.300. The molecule has 0 unspecified atom stereocenters. The number of hydrogen-bond acceptors (Lipinski definition) is 3. The van der Waals surface area contributed by atoms with Gasteiger partial charge >= 0.3 is 0 Å². The van der Waals surface area contributed by atoms with Gasteiger partial charge in [-0.1, -0.05) is 12.1 Å². The van der Waals surface area contributed by atoms with Crippen LogP contribution in [-0.2, 0) is 11.2 Å². The number of nitrogens with one attached hydrogen (secondary N) is 1. The van der Waals surface area contributed by atoms with Crippen LogP contribution >= 0.6 is 0 Å². The molecule has 1 fully saturated rings. The predicted octanol–water partition coefficient (Wildman–Crippen LogP) is 3.08. The summed E-state index contributed by atoms with van der Waals surface area (Å²) >= 11 is 0. The van der Waals surface area contributed by atoms with E-state index in [1.807, 2.05) is 17.0 Å². The van der Waals surface area contributed by atoms with E-state index in [0.717, 1.165) is 31.5 Å². The van der Waals surface area contributed by atoms with Gasteiger partial charge in [-0.3, -0.25) is 9.59 Å². The zero-order chi connectivity index (χ0) is 17.6. The first kappa shape index (κ1) is 17.0. The lowest BCUT2D eigenvalue weighted by Gasteiger charge is -2.26. The van der Waals surface area contributed by atoms with Crippen molar-refractivity contribution < 1.29 is 9.59 Å². The van der Waals surface area contributed by atoms with E-state index >= 15 is 0 Å². The van der Waals surface area contributed by atoms with Crippen molar-refractivity contribution in [1.29, 1.82) is 0 Å². The van der Waals surface area contributed by atoms with Crippen molar-refractivity contribution in [1.82, 2.24) is 4.90 Å². The maximum Gasteiger partial charge on any atom is 0.253 e. The number of anilines is 2. The Hall–Kier alpha value is -2.82. The number of carbonyl (C=O) groups is 2. The monoisotopic (exact) mass is 337 g/mol. The molecule has 0 bridgehead atoms.